The minimum Gasteiger partial charge on any atom is -0.476 e. The van der Waals surface area contributed by atoms with E-state index in [0.29, 0.717) is 0 Å². The van der Waals surface area contributed by atoms with Gasteiger partial charge in [-0.05, 0) is 50.0 Å². The Bertz CT molecular complexity index is 806. The monoisotopic (exact) mass is 335 g/mol. The molecule has 0 atom stereocenters. The van der Waals surface area contributed by atoms with Crippen molar-refractivity contribution in [3.8, 4) is 5.88 Å². The van der Waals surface area contributed by atoms with Gasteiger partial charge in [0, 0.05) is 6.54 Å². The largest absolute Gasteiger partial charge is 0.476 e. The number of rotatable bonds is 7. The van der Waals surface area contributed by atoms with E-state index in [4.69, 9.17) is 9.84 Å². The zero-order valence-corrected chi connectivity index (χ0v) is 14.6. The highest BCUT2D eigenvalue weighted by molar-refractivity contribution is 5.84. The minimum absolute atomic E-state index is 0.725. The van der Waals surface area contributed by atoms with E-state index in [9.17, 15) is 0 Å². The second-order valence-electron chi connectivity index (χ2n) is 6.72. The molecule has 1 aliphatic heterocycles. The van der Waals surface area contributed by atoms with Gasteiger partial charge >= 0.3 is 0 Å². The topological polar surface area (TPSA) is 30.3 Å². The molecule has 0 saturated carbocycles. The maximum atomic E-state index is 6.04. The predicted octanol–water partition coefficient (Wildman–Crippen LogP) is 3.95. The third-order valence-electron chi connectivity index (χ3n) is 4.86. The van der Waals surface area contributed by atoms with Gasteiger partial charge < -0.3 is 9.64 Å². The Morgan fingerprint density at radius 2 is 1.68 bits per heavy atom. The summed E-state index contributed by atoms with van der Waals surface area (Å²) in [7, 11) is 0. The van der Waals surface area contributed by atoms with Crippen molar-refractivity contribution in [2.24, 2.45) is 0 Å². The van der Waals surface area contributed by atoms with Crippen molar-refractivity contribution >= 4 is 10.9 Å². The van der Waals surface area contributed by atoms with Crippen LogP contribution in [0.15, 0.2) is 54.6 Å². The SMILES string of the molecule is c1ccc(Cn2nc(OCCCN3CCCC3)c3ccccc32)cc1. The Balaban J connectivity index is 1.45. The first-order valence-electron chi connectivity index (χ1n) is 9.25. The summed E-state index contributed by atoms with van der Waals surface area (Å²) in [5.74, 6) is 0.757. The van der Waals surface area contributed by atoms with Crippen molar-refractivity contribution in [3.63, 3.8) is 0 Å². The summed E-state index contributed by atoms with van der Waals surface area (Å²) in [6.07, 6.45) is 3.74. The molecule has 0 N–H and O–H groups in total. The summed E-state index contributed by atoms with van der Waals surface area (Å²) in [6, 6.07) is 18.8. The molecule has 130 valence electrons. The summed E-state index contributed by atoms with van der Waals surface area (Å²) in [4.78, 5) is 2.52. The Morgan fingerprint density at radius 3 is 2.52 bits per heavy atom. The summed E-state index contributed by atoms with van der Waals surface area (Å²) in [6.45, 7) is 5.10. The number of ether oxygens (including phenoxy) is 1. The second-order valence-corrected chi connectivity index (χ2v) is 6.72. The molecule has 0 aliphatic carbocycles. The van der Waals surface area contributed by atoms with E-state index >= 15 is 0 Å². The van der Waals surface area contributed by atoms with Crippen LogP contribution in [0.25, 0.3) is 10.9 Å². The number of hydrogen-bond donors (Lipinski definition) is 0. The third kappa shape index (κ3) is 3.85. The van der Waals surface area contributed by atoms with E-state index in [1.807, 2.05) is 16.8 Å². The van der Waals surface area contributed by atoms with Gasteiger partial charge in [0.25, 0.3) is 0 Å². The van der Waals surface area contributed by atoms with Crippen LogP contribution in [0.5, 0.6) is 5.88 Å². The fraction of sp³-hybridized carbons (Fsp3) is 0.381. The number of para-hydroxylation sites is 1. The van der Waals surface area contributed by atoms with Crippen LogP contribution in [0.4, 0.5) is 0 Å². The lowest BCUT2D eigenvalue weighted by molar-refractivity contribution is 0.257. The molecule has 1 saturated heterocycles. The molecule has 4 nitrogen and oxygen atoms in total. The van der Waals surface area contributed by atoms with E-state index in [0.717, 1.165) is 42.9 Å². The molecular formula is C21H25N3O. The van der Waals surface area contributed by atoms with Crippen LogP contribution in [0, 0.1) is 0 Å². The fourth-order valence-electron chi connectivity index (χ4n) is 3.54. The van der Waals surface area contributed by atoms with Crippen LogP contribution in [0.3, 0.4) is 0 Å². The molecular weight excluding hydrogens is 310 g/mol. The molecule has 2 heterocycles. The van der Waals surface area contributed by atoms with Gasteiger partial charge in [0.15, 0.2) is 0 Å². The van der Waals surface area contributed by atoms with Crippen molar-refractivity contribution in [1.29, 1.82) is 0 Å². The van der Waals surface area contributed by atoms with Crippen LogP contribution in [0.1, 0.15) is 24.8 Å². The third-order valence-corrected chi connectivity index (χ3v) is 4.86. The Morgan fingerprint density at radius 1 is 0.920 bits per heavy atom. The maximum Gasteiger partial charge on any atom is 0.240 e. The van der Waals surface area contributed by atoms with Gasteiger partial charge in [0.2, 0.25) is 5.88 Å². The Labute approximate surface area is 149 Å². The molecule has 4 rings (SSSR count). The van der Waals surface area contributed by atoms with E-state index in [-0.39, 0.29) is 0 Å². The van der Waals surface area contributed by atoms with Crippen LogP contribution in [-0.2, 0) is 6.54 Å². The van der Waals surface area contributed by atoms with Crippen molar-refractivity contribution in [3.05, 3.63) is 60.2 Å². The molecule has 4 heteroatoms. The molecule has 3 aromatic rings. The fourth-order valence-corrected chi connectivity index (χ4v) is 3.54. The molecule has 2 aromatic carbocycles. The molecule has 1 fully saturated rings. The number of hydrogen-bond acceptors (Lipinski definition) is 3. The smallest absolute Gasteiger partial charge is 0.240 e. The zero-order chi connectivity index (χ0) is 16.9. The van der Waals surface area contributed by atoms with Gasteiger partial charge in [-0.3, -0.25) is 4.68 Å². The highest BCUT2D eigenvalue weighted by Gasteiger charge is 2.13. The van der Waals surface area contributed by atoms with E-state index in [2.05, 4.69) is 47.4 Å². The number of nitrogens with zero attached hydrogens (tertiary/aromatic N) is 3. The first-order chi connectivity index (χ1) is 12.4. The molecule has 0 unspecified atom stereocenters. The summed E-state index contributed by atoms with van der Waals surface area (Å²) in [5, 5.41) is 5.83. The van der Waals surface area contributed by atoms with Gasteiger partial charge in [-0.25, -0.2) is 0 Å². The molecule has 0 spiro atoms. The summed E-state index contributed by atoms with van der Waals surface area (Å²) < 4.78 is 8.08. The molecule has 0 amide bonds. The lowest BCUT2D eigenvalue weighted by Crippen LogP contribution is -2.22. The first kappa shape index (κ1) is 16.2. The minimum atomic E-state index is 0.725. The lowest BCUT2D eigenvalue weighted by Gasteiger charge is -2.13. The molecule has 25 heavy (non-hydrogen) atoms. The second kappa shape index (κ2) is 7.70. The van der Waals surface area contributed by atoms with Gasteiger partial charge in [0.05, 0.1) is 24.1 Å². The van der Waals surface area contributed by atoms with Crippen LogP contribution < -0.4 is 4.74 Å². The van der Waals surface area contributed by atoms with Gasteiger partial charge in [-0.2, -0.15) is 0 Å². The van der Waals surface area contributed by atoms with E-state index in [1.54, 1.807) is 0 Å². The van der Waals surface area contributed by atoms with Crippen molar-refractivity contribution < 1.29 is 4.74 Å². The van der Waals surface area contributed by atoms with Crippen LogP contribution in [-0.4, -0.2) is 40.9 Å². The zero-order valence-electron chi connectivity index (χ0n) is 14.6. The highest BCUT2D eigenvalue weighted by Crippen LogP contribution is 2.25. The van der Waals surface area contributed by atoms with Crippen molar-refractivity contribution in [2.75, 3.05) is 26.2 Å². The van der Waals surface area contributed by atoms with Gasteiger partial charge in [-0.15, -0.1) is 5.10 Å². The number of likely N-dealkylation sites (tertiary alicyclic amines) is 1. The van der Waals surface area contributed by atoms with E-state index in [1.165, 1.54) is 31.5 Å². The molecule has 0 bridgehead atoms. The van der Waals surface area contributed by atoms with E-state index < -0.39 is 0 Å². The average Bonchev–Trinajstić information content (AvgIpc) is 3.29. The highest BCUT2D eigenvalue weighted by atomic mass is 16.5. The molecule has 1 aromatic heterocycles. The Hall–Kier alpha value is -2.33. The normalized spacial score (nSPS) is 15.0. The van der Waals surface area contributed by atoms with Crippen molar-refractivity contribution in [1.82, 2.24) is 14.7 Å². The average molecular weight is 335 g/mol. The standard InChI is InChI=1S/C21H25N3O/c1-2-9-18(10-3-1)17-24-20-12-5-4-11-19(20)21(22-24)25-16-8-15-23-13-6-7-14-23/h1-5,9-12H,6-8,13-17H2. The Kier molecular flexibility index (Phi) is 4.98. The molecule has 1 aliphatic rings. The first-order valence-corrected chi connectivity index (χ1v) is 9.25. The number of fused-ring (bicyclic) bond motifs is 1. The maximum absolute atomic E-state index is 6.04. The lowest BCUT2D eigenvalue weighted by atomic mass is 10.2. The van der Waals surface area contributed by atoms with Gasteiger partial charge in [0.1, 0.15) is 0 Å². The van der Waals surface area contributed by atoms with Crippen molar-refractivity contribution in [2.45, 2.75) is 25.8 Å². The number of aromatic nitrogens is 2. The van der Waals surface area contributed by atoms with Crippen LogP contribution in [0.2, 0.25) is 0 Å². The predicted molar refractivity (Wildman–Crippen MR) is 101 cm³/mol. The number of benzene rings is 2. The summed E-state index contributed by atoms with van der Waals surface area (Å²) >= 11 is 0. The quantitative estimate of drug-likeness (QED) is 0.613. The van der Waals surface area contributed by atoms with Gasteiger partial charge in [-0.1, -0.05) is 42.5 Å². The van der Waals surface area contributed by atoms with Crippen LogP contribution >= 0.6 is 0 Å². The molecule has 0 radical (unpaired) electrons. The summed E-state index contributed by atoms with van der Waals surface area (Å²) in [5.41, 5.74) is 2.37.